The Hall–Kier alpha value is -2.95. The molecule has 4 rings (SSSR count). The van der Waals surface area contributed by atoms with Crippen LogP contribution in [0.5, 0.6) is 0 Å². The highest BCUT2D eigenvalue weighted by Gasteiger charge is 2.23. The van der Waals surface area contributed by atoms with Crippen molar-refractivity contribution >= 4 is 11.6 Å². The summed E-state index contributed by atoms with van der Waals surface area (Å²) < 4.78 is 0. The van der Waals surface area contributed by atoms with Crippen molar-refractivity contribution < 1.29 is 4.79 Å². The van der Waals surface area contributed by atoms with E-state index in [2.05, 4.69) is 34.3 Å². The number of hydrogen-bond donors (Lipinski definition) is 1. The van der Waals surface area contributed by atoms with Gasteiger partial charge in [0.1, 0.15) is 0 Å². The molecule has 1 aliphatic rings. The van der Waals surface area contributed by atoms with Gasteiger partial charge in [-0.15, -0.1) is 0 Å². The third-order valence-corrected chi connectivity index (χ3v) is 5.72. The van der Waals surface area contributed by atoms with Crippen molar-refractivity contribution in [2.75, 3.05) is 38.5 Å². The predicted molar refractivity (Wildman–Crippen MR) is 123 cm³/mol. The molecule has 1 heterocycles. The van der Waals surface area contributed by atoms with Crippen molar-refractivity contribution in [1.29, 1.82) is 0 Å². The molecular weight excluding hydrogens is 370 g/mol. The average molecular weight is 400 g/mol. The Bertz CT molecular complexity index is 911. The van der Waals surface area contributed by atoms with Crippen LogP contribution in [0, 0.1) is 0 Å². The number of nitrogens with zero attached hydrogens (tertiary/aromatic N) is 2. The summed E-state index contributed by atoms with van der Waals surface area (Å²) in [5, 5.41) is 3.16. The fourth-order valence-corrected chi connectivity index (χ4v) is 4.01. The van der Waals surface area contributed by atoms with Crippen LogP contribution in [0.1, 0.15) is 22.6 Å². The number of likely N-dealkylation sites (N-methyl/N-ethyl adjacent to an activating group) is 1. The second kappa shape index (κ2) is 9.70. The van der Waals surface area contributed by atoms with Crippen LogP contribution in [0.25, 0.3) is 0 Å². The number of nitrogens with one attached hydrogen (secondary N) is 1. The van der Waals surface area contributed by atoms with E-state index in [1.54, 1.807) is 0 Å². The lowest BCUT2D eigenvalue weighted by Gasteiger charge is -2.32. The molecule has 0 atom stereocenters. The number of amides is 1. The topological polar surface area (TPSA) is 35.6 Å². The molecule has 1 fully saturated rings. The van der Waals surface area contributed by atoms with Gasteiger partial charge < -0.3 is 10.2 Å². The van der Waals surface area contributed by atoms with E-state index < -0.39 is 0 Å². The van der Waals surface area contributed by atoms with E-state index in [9.17, 15) is 4.79 Å². The molecule has 0 unspecified atom stereocenters. The van der Waals surface area contributed by atoms with Gasteiger partial charge >= 0.3 is 0 Å². The first kappa shape index (κ1) is 20.3. The summed E-state index contributed by atoms with van der Waals surface area (Å²) in [6, 6.07) is 28.2. The van der Waals surface area contributed by atoms with Crippen molar-refractivity contribution in [3.8, 4) is 0 Å². The van der Waals surface area contributed by atoms with Crippen LogP contribution in [-0.4, -0.2) is 48.9 Å². The lowest BCUT2D eigenvalue weighted by atomic mass is 9.90. The maximum absolute atomic E-state index is 13.3. The van der Waals surface area contributed by atoms with Gasteiger partial charge in [-0.25, -0.2) is 0 Å². The molecule has 4 heteroatoms. The summed E-state index contributed by atoms with van der Waals surface area (Å²) in [6.45, 7) is 5.28. The highest BCUT2D eigenvalue weighted by atomic mass is 16.1. The van der Waals surface area contributed by atoms with Crippen LogP contribution >= 0.6 is 0 Å². The average Bonchev–Trinajstić information content (AvgIpc) is 2.77. The molecule has 1 N–H and O–H groups in total. The molecule has 0 spiro atoms. The Balaban J connectivity index is 1.50. The highest BCUT2D eigenvalue weighted by Crippen LogP contribution is 2.26. The van der Waals surface area contributed by atoms with Crippen LogP contribution in [0.3, 0.4) is 0 Å². The number of benzene rings is 3. The third-order valence-electron chi connectivity index (χ3n) is 5.72. The lowest BCUT2D eigenvalue weighted by Crippen LogP contribution is -2.43. The molecule has 0 saturated carbocycles. The van der Waals surface area contributed by atoms with Gasteiger partial charge in [0, 0.05) is 38.4 Å². The molecule has 3 aromatic carbocycles. The van der Waals surface area contributed by atoms with E-state index in [1.807, 2.05) is 72.8 Å². The maximum atomic E-state index is 13.3. The third kappa shape index (κ3) is 5.15. The van der Waals surface area contributed by atoms with Crippen molar-refractivity contribution in [3.63, 3.8) is 0 Å². The molecule has 0 bridgehead atoms. The minimum atomic E-state index is -0.339. The van der Waals surface area contributed by atoms with E-state index >= 15 is 0 Å². The Labute approximate surface area is 179 Å². The normalized spacial score (nSPS) is 15.3. The van der Waals surface area contributed by atoms with Crippen LogP contribution in [0.2, 0.25) is 0 Å². The van der Waals surface area contributed by atoms with Crippen LogP contribution in [0.4, 0.5) is 5.69 Å². The number of hydrogen-bond acceptors (Lipinski definition) is 3. The van der Waals surface area contributed by atoms with E-state index in [0.717, 1.165) is 49.5 Å². The van der Waals surface area contributed by atoms with Crippen LogP contribution in [-0.2, 0) is 11.3 Å². The zero-order valence-electron chi connectivity index (χ0n) is 17.5. The van der Waals surface area contributed by atoms with E-state index in [0.29, 0.717) is 0 Å². The summed E-state index contributed by atoms with van der Waals surface area (Å²) in [6.07, 6.45) is 0. The quantitative estimate of drug-likeness (QED) is 0.675. The summed E-state index contributed by atoms with van der Waals surface area (Å²) in [4.78, 5) is 18.2. The lowest BCUT2D eigenvalue weighted by molar-refractivity contribution is -0.116. The number of rotatable bonds is 6. The molecule has 154 valence electrons. The van der Waals surface area contributed by atoms with Crippen molar-refractivity contribution in [2.24, 2.45) is 0 Å². The van der Waals surface area contributed by atoms with Gasteiger partial charge in [0.05, 0.1) is 5.92 Å². The first-order valence-corrected chi connectivity index (χ1v) is 10.6. The van der Waals surface area contributed by atoms with Gasteiger partial charge in [0.25, 0.3) is 0 Å². The fraction of sp³-hybridized carbons (Fsp3) is 0.269. The molecule has 1 aliphatic heterocycles. The molecule has 0 radical (unpaired) electrons. The van der Waals surface area contributed by atoms with Gasteiger partial charge in [-0.3, -0.25) is 9.69 Å². The van der Waals surface area contributed by atoms with Crippen LogP contribution < -0.4 is 5.32 Å². The van der Waals surface area contributed by atoms with E-state index in [4.69, 9.17) is 0 Å². The Kier molecular flexibility index (Phi) is 6.57. The molecular formula is C26H29N3O. The Morgan fingerprint density at radius 1 is 0.833 bits per heavy atom. The summed E-state index contributed by atoms with van der Waals surface area (Å²) in [5.41, 5.74) is 4.07. The zero-order chi connectivity index (χ0) is 20.8. The molecule has 30 heavy (non-hydrogen) atoms. The number of piperazine rings is 1. The van der Waals surface area contributed by atoms with E-state index in [1.165, 1.54) is 5.56 Å². The molecule has 1 amide bonds. The van der Waals surface area contributed by atoms with Gasteiger partial charge in [0.2, 0.25) is 5.91 Å². The smallest absolute Gasteiger partial charge is 0.236 e. The van der Waals surface area contributed by atoms with Gasteiger partial charge in [-0.1, -0.05) is 72.8 Å². The SMILES string of the molecule is CN1CCN(Cc2cccc(NC(=O)C(c3ccccc3)c3ccccc3)c2)CC1. The maximum Gasteiger partial charge on any atom is 0.236 e. The molecule has 0 aromatic heterocycles. The standard InChI is InChI=1S/C26H29N3O/c1-28-15-17-29(18-16-28)20-21-9-8-14-24(19-21)27-26(30)25(22-10-4-2-5-11-22)23-12-6-3-7-13-23/h2-14,19,25H,15-18,20H2,1H3,(H,27,30). The molecule has 0 aliphatic carbocycles. The number of carbonyl (C=O) groups is 1. The zero-order valence-corrected chi connectivity index (χ0v) is 17.5. The minimum Gasteiger partial charge on any atom is -0.325 e. The monoisotopic (exact) mass is 399 g/mol. The van der Waals surface area contributed by atoms with Gasteiger partial charge in [-0.05, 0) is 35.9 Å². The molecule has 1 saturated heterocycles. The largest absolute Gasteiger partial charge is 0.325 e. The fourth-order valence-electron chi connectivity index (χ4n) is 4.01. The predicted octanol–water partition coefficient (Wildman–Crippen LogP) is 4.20. The molecule has 4 nitrogen and oxygen atoms in total. The number of anilines is 1. The molecule has 3 aromatic rings. The van der Waals surface area contributed by atoms with E-state index in [-0.39, 0.29) is 11.8 Å². The Morgan fingerprint density at radius 2 is 1.43 bits per heavy atom. The van der Waals surface area contributed by atoms with Crippen molar-refractivity contribution in [3.05, 3.63) is 102 Å². The summed E-state index contributed by atoms with van der Waals surface area (Å²) >= 11 is 0. The highest BCUT2D eigenvalue weighted by molar-refractivity contribution is 5.98. The van der Waals surface area contributed by atoms with Crippen LogP contribution in [0.15, 0.2) is 84.9 Å². The first-order valence-electron chi connectivity index (χ1n) is 10.6. The van der Waals surface area contributed by atoms with Gasteiger partial charge in [-0.2, -0.15) is 0 Å². The van der Waals surface area contributed by atoms with Gasteiger partial charge in [0.15, 0.2) is 0 Å². The second-order valence-electron chi connectivity index (χ2n) is 8.02. The number of carbonyl (C=O) groups excluding carboxylic acids is 1. The van der Waals surface area contributed by atoms with Crippen molar-refractivity contribution in [2.45, 2.75) is 12.5 Å². The second-order valence-corrected chi connectivity index (χ2v) is 8.02. The minimum absolute atomic E-state index is 0.0100. The Morgan fingerprint density at radius 3 is 2.03 bits per heavy atom. The van der Waals surface area contributed by atoms with Crippen molar-refractivity contribution in [1.82, 2.24) is 9.80 Å². The first-order chi connectivity index (χ1) is 14.7. The summed E-state index contributed by atoms with van der Waals surface area (Å²) in [5.74, 6) is -0.349. The summed E-state index contributed by atoms with van der Waals surface area (Å²) in [7, 11) is 2.17.